The van der Waals surface area contributed by atoms with Crippen molar-refractivity contribution in [2.45, 2.75) is 52.6 Å². The Bertz CT molecular complexity index is 879. The molecule has 25 heavy (non-hydrogen) atoms. The van der Waals surface area contributed by atoms with Crippen molar-refractivity contribution in [2.75, 3.05) is 0 Å². The van der Waals surface area contributed by atoms with Crippen LogP contribution in [0, 0.1) is 24.2 Å². The first-order valence-corrected chi connectivity index (χ1v) is 8.43. The van der Waals surface area contributed by atoms with Crippen LogP contribution in [-0.2, 0) is 11.3 Å². The zero-order valence-corrected chi connectivity index (χ0v) is 15.2. The monoisotopic (exact) mass is 340 g/mol. The maximum atomic E-state index is 12.5. The van der Waals surface area contributed by atoms with Crippen LogP contribution in [0.3, 0.4) is 0 Å². The van der Waals surface area contributed by atoms with Crippen molar-refractivity contribution in [1.82, 2.24) is 14.9 Å². The molecular formula is C19H24N4O2. The van der Waals surface area contributed by atoms with Crippen molar-refractivity contribution in [1.29, 1.82) is 5.26 Å². The first kappa shape index (κ1) is 18.7. The largest absolute Gasteiger partial charge is 0.338 e. The fourth-order valence-electron chi connectivity index (χ4n) is 3.03. The molecular weight excluding hydrogens is 316 g/mol. The number of carbonyl (C=O) groups is 1. The highest BCUT2D eigenvalue weighted by Crippen LogP contribution is 2.16. The van der Waals surface area contributed by atoms with Gasteiger partial charge in [0.25, 0.3) is 5.56 Å². The Kier molecular flexibility index (Phi) is 5.58. The van der Waals surface area contributed by atoms with Gasteiger partial charge in [0.2, 0.25) is 5.91 Å². The molecule has 2 rings (SSSR count). The van der Waals surface area contributed by atoms with E-state index in [9.17, 15) is 14.9 Å². The summed E-state index contributed by atoms with van der Waals surface area (Å²) in [5.74, 6) is 0.0430. The van der Waals surface area contributed by atoms with Crippen LogP contribution in [0.15, 0.2) is 29.3 Å². The summed E-state index contributed by atoms with van der Waals surface area (Å²) in [7, 11) is 0. The van der Waals surface area contributed by atoms with Gasteiger partial charge in [-0.15, -0.1) is 0 Å². The Labute approximate surface area is 147 Å². The molecule has 1 aromatic heterocycles. The van der Waals surface area contributed by atoms with Gasteiger partial charge in [0.15, 0.2) is 0 Å². The number of nitrogens with zero attached hydrogens (tertiary/aromatic N) is 3. The highest BCUT2D eigenvalue weighted by molar-refractivity contribution is 5.80. The van der Waals surface area contributed by atoms with E-state index >= 15 is 0 Å². The van der Waals surface area contributed by atoms with Crippen LogP contribution < -0.4 is 10.9 Å². The van der Waals surface area contributed by atoms with Crippen molar-refractivity contribution in [3.63, 3.8) is 0 Å². The number of nitrogens with one attached hydrogen (secondary N) is 1. The molecule has 0 bridgehead atoms. The van der Waals surface area contributed by atoms with E-state index in [0.717, 1.165) is 5.56 Å². The SMILES string of the molecule is Cc1cccc2c(=O)n(CCC(=O)N[C@@](C)(C#N)CC(C)C)cnc12. The molecule has 0 aliphatic rings. The summed E-state index contributed by atoms with van der Waals surface area (Å²) in [5, 5.41) is 12.6. The number of rotatable bonds is 6. The average Bonchev–Trinajstić information content (AvgIpc) is 2.54. The first-order chi connectivity index (χ1) is 11.8. The number of amides is 1. The molecule has 0 aliphatic carbocycles. The summed E-state index contributed by atoms with van der Waals surface area (Å²) in [6.45, 7) is 7.86. The molecule has 0 fully saturated rings. The quantitative estimate of drug-likeness (QED) is 0.875. The van der Waals surface area contributed by atoms with Gasteiger partial charge in [-0.3, -0.25) is 14.2 Å². The molecule has 0 spiro atoms. The third-order valence-electron chi connectivity index (χ3n) is 4.11. The van der Waals surface area contributed by atoms with Gasteiger partial charge in [-0.05, 0) is 37.8 Å². The fraction of sp³-hybridized carbons (Fsp3) is 0.474. The van der Waals surface area contributed by atoms with Gasteiger partial charge in [0, 0.05) is 13.0 Å². The number of hydrogen-bond acceptors (Lipinski definition) is 4. The lowest BCUT2D eigenvalue weighted by Gasteiger charge is -2.25. The lowest BCUT2D eigenvalue weighted by Crippen LogP contribution is -2.46. The maximum Gasteiger partial charge on any atom is 0.261 e. The summed E-state index contributed by atoms with van der Waals surface area (Å²) in [6, 6.07) is 7.64. The fourth-order valence-corrected chi connectivity index (χ4v) is 3.03. The molecule has 0 saturated carbocycles. The van der Waals surface area contributed by atoms with E-state index in [0.29, 0.717) is 23.2 Å². The second-order valence-electron chi connectivity index (χ2n) is 7.05. The van der Waals surface area contributed by atoms with Crippen LogP contribution in [0.1, 0.15) is 39.2 Å². The summed E-state index contributed by atoms with van der Waals surface area (Å²) in [6.07, 6.45) is 2.17. The topological polar surface area (TPSA) is 87.8 Å². The molecule has 1 amide bonds. The smallest absolute Gasteiger partial charge is 0.261 e. The maximum absolute atomic E-state index is 12.5. The minimum Gasteiger partial charge on any atom is -0.338 e. The molecule has 1 heterocycles. The Morgan fingerprint density at radius 3 is 2.80 bits per heavy atom. The Morgan fingerprint density at radius 1 is 1.44 bits per heavy atom. The van der Waals surface area contributed by atoms with E-state index < -0.39 is 5.54 Å². The highest BCUT2D eigenvalue weighted by atomic mass is 16.2. The molecule has 2 aromatic rings. The van der Waals surface area contributed by atoms with Crippen LogP contribution in [0.25, 0.3) is 10.9 Å². The summed E-state index contributed by atoms with van der Waals surface area (Å²) < 4.78 is 1.44. The molecule has 6 heteroatoms. The molecule has 6 nitrogen and oxygen atoms in total. The average molecular weight is 340 g/mol. The Morgan fingerprint density at radius 2 is 2.16 bits per heavy atom. The van der Waals surface area contributed by atoms with Gasteiger partial charge >= 0.3 is 0 Å². The van der Waals surface area contributed by atoms with Crippen molar-refractivity contribution in [3.8, 4) is 6.07 Å². The third kappa shape index (κ3) is 4.44. The zero-order chi connectivity index (χ0) is 18.6. The molecule has 0 radical (unpaired) electrons. The molecule has 1 atom stereocenters. The van der Waals surface area contributed by atoms with Gasteiger partial charge in [-0.2, -0.15) is 5.26 Å². The van der Waals surface area contributed by atoms with Gasteiger partial charge in [-0.1, -0.05) is 26.0 Å². The highest BCUT2D eigenvalue weighted by Gasteiger charge is 2.26. The number of benzene rings is 1. The Balaban J connectivity index is 2.10. The van der Waals surface area contributed by atoms with E-state index in [1.54, 1.807) is 13.0 Å². The van der Waals surface area contributed by atoms with Crippen LogP contribution >= 0.6 is 0 Å². The van der Waals surface area contributed by atoms with Gasteiger partial charge in [0.05, 0.1) is 23.3 Å². The minimum atomic E-state index is -0.894. The molecule has 1 aromatic carbocycles. The molecule has 0 aliphatic heterocycles. The van der Waals surface area contributed by atoms with Gasteiger partial charge < -0.3 is 5.32 Å². The zero-order valence-electron chi connectivity index (χ0n) is 15.2. The van der Waals surface area contributed by atoms with Gasteiger partial charge in [0.1, 0.15) is 5.54 Å². The van der Waals surface area contributed by atoms with Crippen LogP contribution in [0.5, 0.6) is 0 Å². The van der Waals surface area contributed by atoms with Crippen molar-refractivity contribution >= 4 is 16.8 Å². The number of fused-ring (bicyclic) bond motifs is 1. The summed E-state index contributed by atoms with van der Waals surface area (Å²) >= 11 is 0. The number of aryl methyl sites for hydroxylation is 2. The number of aromatic nitrogens is 2. The molecule has 0 unspecified atom stereocenters. The van der Waals surface area contributed by atoms with Crippen molar-refractivity contribution < 1.29 is 4.79 Å². The second-order valence-corrected chi connectivity index (χ2v) is 7.05. The number of nitriles is 1. The first-order valence-electron chi connectivity index (χ1n) is 8.43. The van der Waals surface area contributed by atoms with Crippen LogP contribution in [-0.4, -0.2) is 21.0 Å². The standard InChI is InChI=1S/C19H24N4O2/c1-13(2)10-19(4,11-20)22-16(24)8-9-23-12-21-17-14(3)6-5-7-15(17)18(23)25/h5-7,12-13H,8-10H2,1-4H3,(H,22,24)/t19-/m1/s1. The predicted octanol–water partition coefficient (Wildman–Crippen LogP) is 2.54. The number of carbonyl (C=O) groups excluding carboxylic acids is 1. The third-order valence-corrected chi connectivity index (χ3v) is 4.11. The normalized spacial score (nSPS) is 13.4. The lowest BCUT2D eigenvalue weighted by atomic mass is 9.92. The van der Waals surface area contributed by atoms with E-state index in [2.05, 4.69) is 16.4 Å². The van der Waals surface area contributed by atoms with Crippen LogP contribution in [0.4, 0.5) is 0 Å². The number of para-hydroxylation sites is 1. The van der Waals surface area contributed by atoms with Crippen molar-refractivity contribution in [3.05, 3.63) is 40.4 Å². The van der Waals surface area contributed by atoms with Crippen LogP contribution in [0.2, 0.25) is 0 Å². The predicted molar refractivity (Wildman–Crippen MR) is 97.0 cm³/mol. The Hall–Kier alpha value is -2.68. The minimum absolute atomic E-state index is 0.119. The number of hydrogen-bond donors (Lipinski definition) is 1. The molecule has 1 N–H and O–H groups in total. The second kappa shape index (κ2) is 7.47. The van der Waals surface area contributed by atoms with E-state index in [4.69, 9.17) is 0 Å². The summed E-state index contributed by atoms with van der Waals surface area (Å²) in [4.78, 5) is 29.1. The van der Waals surface area contributed by atoms with E-state index in [1.165, 1.54) is 10.9 Å². The van der Waals surface area contributed by atoms with E-state index in [-0.39, 0.29) is 24.4 Å². The van der Waals surface area contributed by atoms with Crippen molar-refractivity contribution in [2.24, 2.45) is 5.92 Å². The van der Waals surface area contributed by atoms with E-state index in [1.807, 2.05) is 32.9 Å². The van der Waals surface area contributed by atoms with Gasteiger partial charge in [-0.25, -0.2) is 4.98 Å². The molecule has 0 saturated heterocycles. The molecule has 132 valence electrons. The summed E-state index contributed by atoms with van der Waals surface area (Å²) in [5.41, 5.74) is 0.571. The lowest BCUT2D eigenvalue weighted by molar-refractivity contribution is -0.122.